The van der Waals surface area contributed by atoms with Crippen molar-refractivity contribution in [2.75, 3.05) is 9.44 Å². The van der Waals surface area contributed by atoms with Gasteiger partial charge in [0.05, 0.1) is 10.6 Å². The Kier molecular flexibility index (Phi) is 5.59. The number of nitrogens with one attached hydrogen (secondary N) is 2. The average Bonchev–Trinajstić information content (AvgIpc) is 2.63. The van der Waals surface area contributed by atoms with Crippen LogP contribution in [0.15, 0.2) is 82.6 Å². The van der Waals surface area contributed by atoms with Gasteiger partial charge in [0.15, 0.2) is 0 Å². The standard InChI is InChI=1S/C18H14ClFN2O4S2/c19-13-8-10-14(11-9-13)21-27(23,24)16-5-3-4-15(12-16)22-28(25,26)18-7-2-1-6-17(18)20/h1-12,21-22H. The molecule has 0 unspecified atom stereocenters. The lowest BCUT2D eigenvalue weighted by molar-refractivity contribution is 0.570. The van der Waals surface area contributed by atoms with Crippen LogP contribution in [0.1, 0.15) is 0 Å². The van der Waals surface area contributed by atoms with E-state index >= 15 is 0 Å². The van der Waals surface area contributed by atoms with E-state index in [1.807, 2.05) is 0 Å². The van der Waals surface area contributed by atoms with E-state index in [2.05, 4.69) is 9.44 Å². The number of halogens is 2. The fraction of sp³-hybridized carbons (Fsp3) is 0. The van der Waals surface area contributed by atoms with Gasteiger partial charge in [-0.05, 0) is 54.6 Å². The Labute approximate surface area is 167 Å². The smallest absolute Gasteiger partial charge is 0.264 e. The maximum atomic E-state index is 13.8. The molecule has 0 bridgehead atoms. The lowest BCUT2D eigenvalue weighted by Gasteiger charge is -2.12. The predicted molar refractivity (Wildman–Crippen MR) is 106 cm³/mol. The summed E-state index contributed by atoms with van der Waals surface area (Å²) in [6.45, 7) is 0. The predicted octanol–water partition coefficient (Wildman–Crippen LogP) is 4.08. The van der Waals surface area contributed by atoms with Crippen molar-refractivity contribution < 1.29 is 21.2 Å². The van der Waals surface area contributed by atoms with Gasteiger partial charge < -0.3 is 0 Å². The van der Waals surface area contributed by atoms with Crippen LogP contribution < -0.4 is 9.44 Å². The summed E-state index contributed by atoms with van der Waals surface area (Å²) in [5.74, 6) is -0.914. The highest BCUT2D eigenvalue weighted by Crippen LogP contribution is 2.23. The van der Waals surface area contributed by atoms with E-state index in [1.165, 1.54) is 54.6 Å². The minimum Gasteiger partial charge on any atom is -0.280 e. The van der Waals surface area contributed by atoms with Crippen LogP contribution in [0.25, 0.3) is 0 Å². The SMILES string of the molecule is O=S(=O)(Nc1ccc(Cl)cc1)c1cccc(NS(=O)(=O)c2ccccc2F)c1. The molecule has 0 aliphatic heterocycles. The van der Waals surface area contributed by atoms with Crippen LogP contribution in [0, 0.1) is 5.82 Å². The largest absolute Gasteiger partial charge is 0.280 e. The van der Waals surface area contributed by atoms with Gasteiger partial charge in [-0.25, -0.2) is 21.2 Å². The van der Waals surface area contributed by atoms with Crippen LogP contribution in [-0.4, -0.2) is 16.8 Å². The number of sulfonamides is 2. The normalized spacial score (nSPS) is 11.8. The van der Waals surface area contributed by atoms with Gasteiger partial charge >= 0.3 is 0 Å². The lowest BCUT2D eigenvalue weighted by Crippen LogP contribution is -2.16. The maximum Gasteiger partial charge on any atom is 0.264 e. The molecule has 0 atom stereocenters. The molecule has 3 rings (SSSR count). The van der Waals surface area contributed by atoms with Crippen molar-refractivity contribution in [3.05, 3.63) is 83.6 Å². The Bertz CT molecular complexity index is 1210. The molecule has 0 saturated carbocycles. The van der Waals surface area contributed by atoms with E-state index in [-0.39, 0.29) is 10.6 Å². The molecule has 3 aromatic rings. The van der Waals surface area contributed by atoms with E-state index < -0.39 is 30.8 Å². The summed E-state index contributed by atoms with van der Waals surface area (Å²) in [5.41, 5.74) is 0.268. The molecule has 0 fully saturated rings. The fourth-order valence-electron chi connectivity index (χ4n) is 2.33. The van der Waals surface area contributed by atoms with Crippen LogP contribution in [0.5, 0.6) is 0 Å². The molecule has 0 aromatic heterocycles. The molecular weight excluding hydrogens is 427 g/mol. The average molecular weight is 441 g/mol. The first-order valence-electron chi connectivity index (χ1n) is 7.83. The van der Waals surface area contributed by atoms with Gasteiger partial charge in [-0.1, -0.05) is 29.8 Å². The Morgan fingerprint density at radius 2 is 1.36 bits per heavy atom. The van der Waals surface area contributed by atoms with E-state index in [1.54, 1.807) is 0 Å². The molecule has 0 saturated heterocycles. The summed E-state index contributed by atoms with van der Waals surface area (Å²) < 4.78 is 68.2. The molecule has 146 valence electrons. The Hall–Kier alpha value is -2.62. The van der Waals surface area contributed by atoms with Gasteiger partial charge in [0.25, 0.3) is 20.0 Å². The zero-order valence-electron chi connectivity index (χ0n) is 14.1. The first-order chi connectivity index (χ1) is 13.2. The lowest BCUT2D eigenvalue weighted by atomic mass is 10.3. The summed E-state index contributed by atoms with van der Waals surface area (Å²) in [6, 6.07) is 16.1. The number of rotatable bonds is 6. The van der Waals surface area contributed by atoms with E-state index in [0.29, 0.717) is 10.7 Å². The molecule has 0 aliphatic carbocycles. The van der Waals surface area contributed by atoms with Crippen molar-refractivity contribution in [1.82, 2.24) is 0 Å². The molecule has 28 heavy (non-hydrogen) atoms. The third-order valence-electron chi connectivity index (χ3n) is 3.62. The topological polar surface area (TPSA) is 92.3 Å². The zero-order chi connectivity index (χ0) is 20.4. The summed E-state index contributed by atoms with van der Waals surface area (Å²) in [7, 11) is -8.20. The second-order valence-corrected chi connectivity index (χ2v) is 9.45. The molecule has 6 nitrogen and oxygen atoms in total. The Morgan fingerprint density at radius 3 is 2.04 bits per heavy atom. The van der Waals surface area contributed by atoms with Gasteiger partial charge in [0, 0.05) is 10.7 Å². The minimum absolute atomic E-state index is 0.0257. The van der Waals surface area contributed by atoms with Crippen molar-refractivity contribution in [3.8, 4) is 0 Å². The van der Waals surface area contributed by atoms with Crippen molar-refractivity contribution in [3.63, 3.8) is 0 Å². The van der Waals surface area contributed by atoms with E-state index in [0.717, 1.165) is 18.2 Å². The van der Waals surface area contributed by atoms with Gasteiger partial charge in [0.2, 0.25) is 0 Å². The molecule has 0 amide bonds. The zero-order valence-corrected chi connectivity index (χ0v) is 16.5. The third-order valence-corrected chi connectivity index (χ3v) is 6.66. The van der Waals surface area contributed by atoms with E-state index in [4.69, 9.17) is 11.6 Å². The molecule has 0 spiro atoms. The first-order valence-corrected chi connectivity index (χ1v) is 11.2. The number of anilines is 2. The molecule has 0 radical (unpaired) electrons. The highest BCUT2D eigenvalue weighted by molar-refractivity contribution is 7.93. The summed E-state index contributed by atoms with van der Waals surface area (Å²) in [5, 5.41) is 0.451. The number of benzene rings is 3. The van der Waals surface area contributed by atoms with E-state index in [9.17, 15) is 21.2 Å². The monoisotopic (exact) mass is 440 g/mol. The Morgan fingerprint density at radius 1 is 0.714 bits per heavy atom. The summed E-state index contributed by atoms with van der Waals surface area (Å²) in [6.07, 6.45) is 0. The fourth-order valence-corrected chi connectivity index (χ4v) is 4.69. The van der Waals surface area contributed by atoms with Gasteiger partial charge in [-0.15, -0.1) is 0 Å². The first kappa shape index (κ1) is 20.1. The van der Waals surface area contributed by atoms with Crippen LogP contribution in [0.4, 0.5) is 15.8 Å². The highest BCUT2D eigenvalue weighted by atomic mass is 35.5. The van der Waals surface area contributed by atoms with Crippen molar-refractivity contribution in [2.24, 2.45) is 0 Å². The third kappa shape index (κ3) is 4.61. The molecule has 0 aliphatic rings. The van der Waals surface area contributed by atoms with Crippen molar-refractivity contribution >= 4 is 43.0 Å². The quantitative estimate of drug-likeness (QED) is 0.604. The highest BCUT2D eigenvalue weighted by Gasteiger charge is 2.20. The van der Waals surface area contributed by atoms with Crippen molar-refractivity contribution in [1.29, 1.82) is 0 Å². The van der Waals surface area contributed by atoms with Crippen LogP contribution in [0.2, 0.25) is 5.02 Å². The van der Waals surface area contributed by atoms with Gasteiger partial charge in [-0.2, -0.15) is 0 Å². The molecular formula is C18H14ClFN2O4S2. The van der Waals surface area contributed by atoms with Crippen molar-refractivity contribution in [2.45, 2.75) is 9.79 Å². The van der Waals surface area contributed by atoms with Crippen LogP contribution in [0.3, 0.4) is 0 Å². The summed E-state index contributed by atoms with van der Waals surface area (Å²) >= 11 is 5.77. The van der Waals surface area contributed by atoms with Crippen LogP contribution in [-0.2, 0) is 20.0 Å². The Balaban J connectivity index is 1.87. The second-order valence-electron chi connectivity index (χ2n) is 5.68. The molecule has 10 heteroatoms. The van der Waals surface area contributed by atoms with Gasteiger partial charge in [0.1, 0.15) is 10.7 Å². The maximum absolute atomic E-state index is 13.8. The second kappa shape index (κ2) is 7.78. The van der Waals surface area contributed by atoms with Crippen LogP contribution >= 0.6 is 11.6 Å². The van der Waals surface area contributed by atoms with Gasteiger partial charge in [-0.3, -0.25) is 9.44 Å². The molecule has 2 N–H and O–H groups in total. The molecule has 3 aromatic carbocycles. The number of hydrogen-bond donors (Lipinski definition) is 2. The number of hydrogen-bond acceptors (Lipinski definition) is 4. The summed E-state index contributed by atoms with van der Waals surface area (Å²) in [4.78, 5) is -0.710. The minimum atomic E-state index is -4.22. The molecule has 0 heterocycles.